The molecule has 1 N–H and O–H groups in total. The van der Waals surface area contributed by atoms with Crippen LogP contribution in [0.3, 0.4) is 0 Å². The fraction of sp³-hybridized carbons (Fsp3) is 0.458. The van der Waals surface area contributed by atoms with E-state index in [0.29, 0.717) is 12.0 Å². The van der Waals surface area contributed by atoms with Crippen LogP contribution in [-0.2, 0) is 0 Å². The molecule has 4 aromatic heterocycles. The molecule has 0 spiro atoms. The minimum atomic E-state index is 0.219. The number of rotatable bonds is 3. The molecule has 1 saturated heterocycles. The smallest absolute Gasteiger partial charge is 0.264 e. The van der Waals surface area contributed by atoms with E-state index < -0.39 is 0 Å². The van der Waals surface area contributed by atoms with E-state index >= 15 is 0 Å². The Hall–Kier alpha value is -2.67. The lowest BCUT2D eigenvalue weighted by atomic mass is 9.99. The zero-order valence-electron chi connectivity index (χ0n) is 18.2. The topological polar surface area (TPSA) is 66.3 Å². The Balaban J connectivity index is 1.42. The summed E-state index contributed by atoms with van der Waals surface area (Å²) in [5.41, 5.74) is 6.53. The van der Waals surface area contributed by atoms with Crippen LogP contribution < -0.4 is 0 Å². The standard InChI is InChI=1S/C24H27N5OS/c1-13(2)20-21(16-8-14(3)23-25-12-26-29(23)11-16)27-18-10-19(31-22(18)20)24(30)28-7-6-15-4-5-17(28)9-15/h8,10-13,15,17,27H,4-7,9H2,1-3H3/t15-,17+/m0/s1. The molecule has 4 aromatic rings. The second-order valence-corrected chi connectivity index (χ2v) is 10.5. The molecule has 1 amide bonds. The number of carbonyl (C=O) groups is 1. The first-order chi connectivity index (χ1) is 15.0. The first-order valence-corrected chi connectivity index (χ1v) is 12.1. The second kappa shape index (κ2) is 6.92. The summed E-state index contributed by atoms with van der Waals surface area (Å²) in [6, 6.07) is 4.69. The number of aryl methyl sites for hydroxylation is 1. The summed E-state index contributed by atoms with van der Waals surface area (Å²) in [7, 11) is 0. The van der Waals surface area contributed by atoms with Gasteiger partial charge in [-0.25, -0.2) is 9.50 Å². The van der Waals surface area contributed by atoms with Crippen molar-refractivity contribution in [2.45, 2.75) is 58.4 Å². The quantitative estimate of drug-likeness (QED) is 0.471. The summed E-state index contributed by atoms with van der Waals surface area (Å²) in [6.45, 7) is 7.42. The van der Waals surface area contributed by atoms with Crippen LogP contribution in [0.2, 0.25) is 0 Å². The van der Waals surface area contributed by atoms with Gasteiger partial charge >= 0.3 is 0 Å². The van der Waals surface area contributed by atoms with Crippen LogP contribution in [0.5, 0.6) is 0 Å². The molecule has 2 fully saturated rings. The number of nitrogens with one attached hydrogen (secondary N) is 1. The Morgan fingerprint density at radius 1 is 1.26 bits per heavy atom. The summed E-state index contributed by atoms with van der Waals surface area (Å²) >= 11 is 1.65. The van der Waals surface area contributed by atoms with Gasteiger partial charge in [-0.3, -0.25) is 4.79 Å². The number of piperidine rings is 1. The maximum absolute atomic E-state index is 13.4. The number of aromatic nitrogens is 4. The molecule has 5 heterocycles. The molecule has 2 aliphatic rings. The van der Waals surface area contributed by atoms with Crippen molar-refractivity contribution in [3.63, 3.8) is 0 Å². The molecular formula is C24H27N5OS. The van der Waals surface area contributed by atoms with Crippen LogP contribution in [0, 0.1) is 12.8 Å². The summed E-state index contributed by atoms with van der Waals surface area (Å²) in [5.74, 6) is 1.40. The Kier molecular flexibility index (Phi) is 4.25. The molecule has 0 aromatic carbocycles. The highest BCUT2D eigenvalue weighted by atomic mass is 32.1. The summed E-state index contributed by atoms with van der Waals surface area (Å²) in [5, 5.41) is 4.33. The second-order valence-electron chi connectivity index (χ2n) is 9.48. The van der Waals surface area contributed by atoms with Crippen LogP contribution in [0.4, 0.5) is 0 Å². The number of likely N-dealkylation sites (tertiary alicyclic amines) is 1. The van der Waals surface area contributed by atoms with E-state index in [1.165, 1.54) is 29.5 Å². The highest BCUT2D eigenvalue weighted by Crippen LogP contribution is 2.42. The molecule has 2 atom stereocenters. The van der Waals surface area contributed by atoms with Gasteiger partial charge < -0.3 is 9.88 Å². The number of nitrogens with zero attached hydrogens (tertiary/aromatic N) is 4. The van der Waals surface area contributed by atoms with E-state index in [1.807, 2.05) is 10.7 Å². The normalized spacial score (nSPS) is 21.1. The average molecular weight is 434 g/mol. The lowest BCUT2D eigenvalue weighted by Gasteiger charge is -2.33. The first-order valence-electron chi connectivity index (χ1n) is 11.3. The molecule has 1 aliphatic carbocycles. The van der Waals surface area contributed by atoms with Crippen molar-refractivity contribution in [3.05, 3.63) is 40.7 Å². The van der Waals surface area contributed by atoms with Gasteiger partial charge in [0.15, 0.2) is 5.65 Å². The Bertz CT molecular complexity index is 1310. The summed E-state index contributed by atoms with van der Waals surface area (Å²) in [6.07, 6.45) is 8.44. The number of amides is 1. The maximum atomic E-state index is 13.4. The zero-order chi connectivity index (χ0) is 21.3. The van der Waals surface area contributed by atoms with Gasteiger partial charge in [-0.05, 0) is 67.7 Å². The molecule has 1 aliphatic heterocycles. The lowest BCUT2D eigenvalue weighted by Crippen LogP contribution is -2.42. The monoisotopic (exact) mass is 433 g/mol. The van der Waals surface area contributed by atoms with Crippen molar-refractivity contribution in [2.24, 2.45) is 5.92 Å². The lowest BCUT2D eigenvalue weighted by molar-refractivity contribution is 0.0635. The van der Waals surface area contributed by atoms with Gasteiger partial charge in [0, 0.05) is 24.3 Å². The first kappa shape index (κ1) is 19.0. The molecule has 6 rings (SSSR count). The number of carbonyl (C=O) groups excluding carboxylic acids is 1. The minimum Gasteiger partial charge on any atom is -0.354 e. The Labute approximate surface area is 185 Å². The van der Waals surface area contributed by atoms with Crippen LogP contribution in [0.1, 0.15) is 66.2 Å². The SMILES string of the molecule is Cc1cc(-c2[nH]c3cc(C(=O)N4CC[C@@H]5CC[C@@H]4C5)sc3c2C(C)C)cn2ncnc12. The third kappa shape index (κ3) is 2.93. The van der Waals surface area contributed by atoms with Crippen LogP contribution in [0.25, 0.3) is 27.1 Å². The number of fused-ring (bicyclic) bond motifs is 4. The van der Waals surface area contributed by atoms with Gasteiger partial charge in [-0.2, -0.15) is 5.10 Å². The van der Waals surface area contributed by atoms with Crippen LogP contribution >= 0.6 is 11.3 Å². The van der Waals surface area contributed by atoms with Crippen molar-refractivity contribution >= 4 is 33.1 Å². The largest absolute Gasteiger partial charge is 0.354 e. The molecule has 160 valence electrons. The predicted octanol–water partition coefficient (Wildman–Crippen LogP) is 5.39. The van der Waals surface area contributed by atoms with Crippen molar-refractivity contribution in [3.8, 4) is 11.3 Å². The summed E-state index contributed by atoms with van der Waals surface area (Å²) < 4.78 is 3.04. The Morgan fingerprint density at radius 3 is 2.97 bits per heavy atom. The molecule has 0 radical (unpaired) electrons. The van der Waals surface area contributed by atoms with Crippen LogP contribution in [0.15, 0.2) is 24.7 Å². The fourth-order valence-corrected chi connectivity index (χ4v) is 6.89. The van der Waals surface area contributed by atoms with Gasteiger partial charge in [-0.15, -0.1) is 11.3 Å². The van der Waals surface area contributed by atoms with Gasteiger partial charge in [0.1, 0.15) is 6.33 Å². The number of hydrogen-bond acceptors (Lipinski definition) is 4. The van der Waals surface area contributed by atoms with Gasteiger partial charge in [0.25, 0.3) is 5.91 Å². The Morgan fingerprint density at radius 2 is 2.13 bits per heavy atom. The van der Waals surface area contributed by atoms with Crippen molar-refractivity contribution in [1.82, 2.24) is 24.5 Å². The molecule has 31 heavy (non-hydrogen) atoms. The number of hydrogen-bond donors (Lipinski definition) is 1. The molecular weight excluding hydrogens is 406 g/mol. The van der Waals surface area contributed by atoms with Crippen LogP contribution in [-0.4, -0.2) is 43.0 Å². The molecule has 7 heteroatoms. The van der Waals surface area contributed by atoms with E-state index in [9.17, 15) is 4.79 Å². The molecule has 6 nitrogen and oxygen atoms in total. The van der Waals surface area contributed by atoms with Gasteiger partial charge in [0.2, 0.25) is 0 Å². The van der Waals surface area contributed by atoms with Gasteiger partial charge in [-0.1, -0.05) is 13.8 Å². The third-order valence-electron chi connectivity index (χ3n) is 7.14. The van der Waals surface area contributed by atoms with E-state index in [2.05, 4.69) is 52.9 Å². The number of pyridine rings is 1. The van der Waals surface area contributed by atoms with E-state index in [-0.39, 0.29) is 5.91 Å². The van der Waals surface area contributed by atoms with Gasteiger partial charge in [0.05, 0.1) is 20.8 Å². The molecule has 1 saturated carbocycles. The van der Waals surface area contributed by atoms with E-state index in [0.717, 1.165) is 51.7 Å². The fourth-order valence-electron chi connectivity index (χ4n) is 5.62. The predicted molar refractivity (Wildman–Crippen MR) is 124 cm³/mol. The van der Waals surface area contributed by atoms with Crippen molar-refractivity contribution in [2.75, 3.05) is 6.54 Å². The zero-order valence-corrected chi connectivity index (χ0v) is 19.0. The van der Waals surface area contributed by atoms with Crippen molar-refractivity contribution < 1.29 is 4.79 Å². The number of thiophene rings is 1. The van der Waals surface area contributed by atoms with Crippen molar-refractivity contribution in [1.29, 1.82) is 0 Å². The number of H-pyrrole nitrogens is 1. The average Bonchev–Trinajstić information content (AvgIpc) is 3.49. The molecule has 2 bridgehead atoms. The minimum absolute atomic E-state index is 0.219. The highest BCUT2D eigenvalue weighted by Gasteiger charge is 2.37. The maximum Gasteiger partial charge on any atom is 0.264 e. The molecule has 0 unspecified atom stereocenters. The van der Waals surface area contributed by atoms with E-state index in [1.54, 1.807) is 17.7 Å². The van der Waals surface area contributed by atoms with E-state index in [4.69, 9.17) is 0 Å². The summed E-state index contributed by atoms with van der Waals surface area (Å²) in [4.78, 5) is 24.3. The third-order valence-corrected chi connectivity index (χ3v) is 8.29. The highest BCUT2D eigenvalue weighted by molar-refractivity contribution is 7.21. The number of aromatic amines is 1.